The van der Waals surface area contributed by atoms with E-state index in [2.05, 4.69) is 13.2 Å². The topological polar surface area (TPSA) is 107 Å². The quantitative estimate of drug-likeness (QED) is 0.346. The second kappa shape index (κ2) is 14.5. The molecule has 0 bridgehead atoms. The number of aliphatic carboxylic acids is 1. The van der Waals surface area contributed by atoms with Crippen LogP contribution in [0.5, 0.6) is 0 Å². The molecule has 0 atom stereocenters. The third kappa shape index (κ3) is 22.4. The first-order valence-corrected chi connectivity index (χ1v) is 2.88. The van der Waals surface area contributed by atoms with Gasteiger partial charge in [-0.2, -0.15) is 0 Å². The zero-order chi connectivity index (χ0) is 8.08. The van der Waals surface area contributed by atoms with Crippen LogP contribution in [0.2, 0.25) is 0 Å². The molecule has 0 radical (unpaired) electrons. The second-order valence-corrected chi connectivity index (χ2v) is 3.08. The van der Waals surface area contributed by atoms with Crippen molar-refractivity contribution in [1.82, 2.24) is 12.3 Å². The van der Waals surface area contributed by atoms with Gasteiger partial charge in [-0.3, -0.25) is 0 Å². The third-order valence-electron chi connectivity index (χ3n) is 0.243. The van der Waals surface area contributed by atoms with E-state index < -0.39 is 9.76 Å². The van der Waals surface area contributed by atoms with Crippen molar-refractivity contribution < 1.29 is 9.90 Å². The van der Waals surface area contributed by atoms with Gasteiger partial charge >= 0.3 is 35.5 Å². The number of halogens is 3. The summed E-state index contributed by atoms with van der Waals surface area (Å²) in [5, 5.41) is 7.85. The minimum absolute atomic E-state index is 0. The Morgan fingerprint density at radius 2 is 1.25 bits per heavy atom. The Morgan fingerprint density at radius 3 is 1.25 bits per heavy atom. The molecule has 0 aliphatic rings. The molecule has 0 fully saturated rings. The number of carboxylic acid groups (broad SMARTS) is 1. The van der Waals surface area contributed by atoms with E-state index in [0.29, 0.717) is 0 Å². The number of hydrogen-bond acceptors (Lipinski definition) is 3. The van der Waals surface area contributed by atoms with Gasteiger partial charge in [0.05, 0.1) is 0 Å². The van der Waals surface area contributed by atoms with E-state index in [1.807, 2.05) is 0 Å². The summed E-state index contributed by atoms with van der Waals surface area (Å²) in [7, 11) is 0. The summed E-state index contributed by atoms with van der Waals surface area (Å²) in [5.41, 5.74) is 0. The van der Waals surface area contributed by atoms with Gasteiger partial charge in [-0.05, 0) is 0 Å². The van der Waals surface area contributed by atoms with Crippen LogP contribution in [0, 0.1) is 0 Å². The summed E-state index contributed by atoms with van der Waals surface area (Å²) in [6, 6.07) is 0. The number of hydrogen-bond donors (Lipinski definition) is 3. The summed E-state index contributed by atoms with van der Waals surface area (Å²) in [6.45, 7) is 6.00. The Bertz CT molecular complexity index is 109. The van der Waals surface area contributed by atoms with Crippen LogP contribution in [0.4, 0.5) is 0 Å². The van der Waals surface area contributed by atoms with Crippen LogP contribution in [0.15, 0.2) is 13.2 Å². The van der Waals surface area contributed by atoms with Crippen molar-refractivity contribution in [2.75, 3.05) is 0 Å². The predicted octanol–water partition coefficient (Wildman–Crippen LogP) is 1.92. The van der Waals surface area contributed by atoms with Crippen LogP contribution in [0.25, 0.3) is 0 Å². The second-order valence-electron chi connectivity index (χ2n) is 0.803. The van der Waals surface area contributed by atoms with Crippen LogP contribution >= 0.6 is 34.8 Å². The Labute approximate surface area is 109 Å². The first kappa shape index (κ1) is 29.2. The molecule has 0 aromatic heterocycles. The van der Waals surface area contributed by atoms with Crippen molar-refractivity contribution in [3.05, 3.63) is 13.2 Å². The van der Waals surface area contributed by atoms with Gasteiger partial charge in [0, 0.05) is 0 Å². The molecule has 0 aromatic rings. The fraction of sp³-hybridized carbons (Fsp3) is 0.250. The van der Waals surface area contributed by atoms with Crippen LogP contribution < -0.4 is 12.3 Å². The molecule has 8 heteroatoms. The van der Waals surface area contributed by atoms with Gasteiger partial charge in [-0.15, -0.1) is 13.2 Å². The Kier molecular flexibility index (Phi) is 35.4. The van der Waals surface area contributed by atoms with Crippen molar-refractivity contribution >= 4 is 70.3 Å². The van der Waals surface area contributed by atoms with Crippen molar-refractivity contribution in [3.63, 3.8) is 0 Å². The summed E-state index contributed by atoms with van der Waals surface area (Å²) in [6.07, 6.45) is 0. The number of carboxylic acids is 1. The van der Waals surface area contributed by atoms with E-state index in [-0.39, 0.29) is 41.9 Å². The molecular formula is C4H12Cl3N2NaO2. The van der Waals surface area contributed by atoms with E-state index in [9.17, 15) is 4.79 Å². The minimum atomic E-state index is -2.17. The monoisotopic (exact) mass is 248 g/mol. The van der Waals surface area contributed by atoms with Gasteiger partial charge in [0.1, 0.15) is 0 Å². The van der Waals surface area contributed by atoms with Gasteiger partial charge in [0.2, 0.25) is 0 Å². The molecular weight excluding hydrogens is 237 g/mol. The molecule has 0 heterocycles. The van der Waals surface area contributed by atoms with Crippen molar-refractivity contribution in [2.45, 2.75) is 3.79 Å². The molecule has 0 rings (SSSR count). The Hall–Kier alpha value is 1.000. The van der Waals surface area contributed by atoms with E-state index in [0.717, 1.165) is 0 Å². The van der Waals surface area contributed by atoms with Crippen LogP contribution in [-0.4, -0.2) is 44.4 Å². The van der Waals surface area contributed by atoms with Gasteiger partial charge in [-0.25, -0.2) is 4.79 Å². The fourth-order valence-corrected chi connectivity index (χ4v) is 0. The average Bonchev–Trinajstić information content (AvgIpc) is 1.69. The average molecular weight is 250 g/mol. The molecule has 0 unspecified atom stereocenters. The van der Waals surface area contributed by atoms with Gasteiger partial charge in [0.25, 0.3) is 3.79 Å². The molecule has 0 spiro atoms. The van der Waals surface area contributed by atoms with E-state index in [1.54, 1.807) is 0 Å². The van der Waals surface area contributed by atoms with E-state index in [1.165, 1.54) is 0 Å². The predicted molar refractivity (Wildman–Crippen MR) is 56.4 cm³/mol. The Balaban J connectivity index is -0.0000000303. The first-order chi connectivity index (χ1) is 3.94. The van der Waals surface area contributed by atoms with Crippen molar-refractivity contribution in [2.24, 2.45) is 0 Å². The van der Waals surface area contributed by atoms with Gasteiger partial charge in [0.15, 0.2) is 0 Å². The van der Waals surface area contributed by atoms with E-state index >= 15 is 0 Å². The molecule has 0 aliphatic carbocycles. The normalized spacial score (nSPS) is 6.92. The summed E-state index contributed by atoms with van der Waals surface area (Å²) in [4.78, 5) is 9.62. The summed E-state index contributed by atoms with van der Waals surface area (Å²) < 4.78 is -2.17. The zero-order valence-corrected chi connectivity index (χ0v) is 8.09. The SMILES string of the molecule is C=C.N.N.O=C(O)C(Cl)(Cl)Cl.[NaH]. The number of alkyl halides is 3. The molecule has 7 N–H and O–H groups in total. The summed E-state index contributed by atoms with van der Waals surface area (Å²) >= 11 is 14.4. The molecule has 0 aliphatic heterocycles. The van der Waals surface area contributed by atoms with E-state index in [4.69, 9.17) is 39.9 Å². The number of carbonyl (C=O) groups is 1. The van der Waals surface area contributed by atoms with Crippen molar-refractivity contribution in [1.29, 1.82) is 0 Å². The molecule has 4 nitrogen and oxygen atoms in total. The molecule has 72 valence electrons. The molecule has 0 saturated carbocycles. The molecule has 0 amide bonds. The third-order valence-corrected chi connectivity index (χ3v) is 0.728. The van der Waals surface area contributed by atoms with Gasteiger partial charge in [-0.1, -0.05) is 34.8 Å². The Morgan fingerprint density at radius 1 is 1.17 bits per heavy atom. The molecule has 0 aromatic carbocycles. The van der Waals surface area contributed by atoms with Crippen LogP contribution in [0.3, 0.4) is 0 Å². The standard InChI is InChI=1S/C2HCl3O2.C2H4.2H3N.Na.H/c3-2(4,5)1(6)7;1-2;;;;/h(H,6,7);1-2H2;2*1H3;;. The van der Waals surface area contributed by atoms with Crippen LogP contribution in [0.1, 0.15) is 0 Å². The first-order valence-electron chi connectivity index (χ1n) is 1.74. The zero-order valence-electron chi connectivity index (χ0n) is 5.82. The number of rotatable bonds is 0. The van der Waals surface area contributed by atoms with Crippen LogP contribution in [-0.2, 0) is 4.79 Å². The maximum atomic E-state index is 9.62. The van der Waals surface area contributed by atoms with Crippen molar-refractivity contribution in [3.8, 4) is 0 Å². The molecule has 12 heavy (non-hydrogen) atoms. The molecule has 0 saturated heterocycles. The summed E-state index contributed by atoms with van der Waals surface area (Å²) in [5.74, 6) is -1.46. The maximum absolute atomic E-state index is 9.62. The fourth-order valence-electron chi connectivity index (χ4n) is 0. The van der Waals surface area contributed by atoms with Gasteiger partial charge < -0.3 is 17.4 Å².